The Morgan fingerprint density at radius 3 is 2.50 bits per heavy atom. The smallest absolute Gasteiger partial charge is 0.323 e. The molecule has 66 valence electrons. The van der Waals surface area contributed by atoms with Crippen molar-refractivity contribution in [1.29, 1.82) is 0 Å². The van der Waals surface area contributed by atoms with E-state index in [9.17, 15) is 14.4 Å². The van der Waals surface area contributed by atoms with Gasteiger partial charge in [0.05, 0.1) is 0 Å². The van der Waals surface area contributed by atoms with E-state index >= 15 is 0 Å². The average Bonchev–Trinajstić information content (AvgIpc) is 2.28. The van der Waals surface area contributed by atoms with Crippen molar-refractivity contribution in [2.75, 3.05) is 7.05 Å². The number of likely N-dealkylation sites (N-methyl/N-ethyl adjacent to an activating group) is 1. The summed E-state index contributed by atoms with van der Waals surface area (Å²) in [5.41, 5.74) is 4.88. The van der Waals surface area contributed by atoms with Gasteiger partial charge in [-0.05, 0) is 0 Å². The lowest BCUT2D eigenvalue weighted by Gasteiger charge is -2.18. The van der Waals surface area contributed by atoms with Crippen LogP contribution >= 0.6 is 0 Å². The predicted octanol–water partition coefficient (Wildman–Crippen LogP) is -1.84. The molecule has 7 nitrogen and oxygen atoms in total. The van der Waals surface area contributed by atoms with Crippen molar-refractivity contribution in [1.82, 2.24) is 15.5 Å². The number of hydrogen-bond donors (Lipinski definition) is 3. The van der Waals surface area contributed by atoms with E-state index in [1.807, 2.05) is 5.32 Å². The fourth-order valence-electron chi connectivity index (χ4n) is 0.806. The van der Waals surface area contributed by atoms with Gasteiger partial charge in [0.1, 0.15) is 0 Å². The quantitative estimate of drug-likeness (QED) is 0.405. The Balaban J connectivity index is 2.70. The van der Waals surface area contributed by atoms with Crippen LogP contribution in [0.15, 0.2) is 0 Å². The molecule has 1 saturated heterocycles. The van der Waals surface area contributed by atoms with E-state index in [-0.39, 0.29) is 0 Å². The molecule has 4 N–H and O–H groups in total. The van der Waals surface area contributed by atoms with Gasteiger partial charge in [0, 0.05) is 7.05 Å². The fraction of sp³-hybridized carbons (Fsp3) is 0.400. The molecule has 1 heterocycles. The van der Waals surface area contributed by atoms with Crippen LogP contribution in [0, 0.1) is 0 Å². The van der Waals surface area contributed by atoms with Gasteiger partial charge >= 0.3 is 12.1 Å². The van der Waals surface area contributed by atoms with Crippen molar-refractivity contribution < 1.29 is 14.4 Å². The van der Waals surface area contributed by atoms with E-state index in [1.54, 1.807) is 0 Å². The van der Waals surface area contributed by atoms with Crippen LogP contribution in [0.2, 0.25) is 0 Å². The molecule has 0 aromatic carbocycles. The summed E-state index contributed by atoms with van der Waals surface area (Å²) < 4.78 is 0. The molecule has 0 aromatic rings. The number of imide groups is 1. The lowest BCUT2D eigenvalue weighted by atomic mass is 10.4. The number of carbonyl (C=O) groups excluding carboxylic acids is 3. The van der Waals surface area contributed by atoms with Crippen molar-refractivity contribution in [3.8, 4) is 0 Å². The molecule has 1 aliphatic heterocycles. The minimum atomic E-state index is -0.991. The van der Waals surface area contributed by atoms with Gasteiger partial charge in [-0.15, -0.1) is 0 Å². The van der Waals surface area contributed by atoms with E-state index < -0.39 is 24.1 Å². The Labute approximate surface area is 67.9 Å². The molecule has 0 bridgehead atoms. The summed E-state index contributed by atoms with van der Waals surface area (Å²) in [4.78, 5) is 32.9. The van der Waals surface area contributed by atoms with Gasteiger partial charge < -0.3 is 11.1 Å². The first-order chi connectivity index (χ1) is 5.52. The molecule has 7 heteroatoms. The van der Waals surface area contributed by atoms with Crippen LogP contribution in [-0.2, 0) is 4.79 Å². The Morgan fingerprint density at radius 2 is 2.17 bits per heavy atom. The number of hydrogen-bond acceptors (Lipinski definition) is 3. The van der Waals surface area contributed by atoms with E-state index in [4.69, 9.17) is 5.73 Å². The third-order valence-electron chi connectivity index (χ3n) is 1.49. The van der Waals surface area contributed by atoms with Crippen molar-refractivity contribution in [3.63, 3.8) is 0 Å². The van der Waals surface area contributed by atoms with Crippen LogP contribution in [0.3, 0.4) is 0 Å². The van der Waals surface area contributed by atoms with Crippen molar-refractivity contribution in [2.24, 2.45) is 5.73 Å². The lowest BCUT2D eigenvalue weighted by Crippen LogP contribution is -2.49. The SMILES string of the molecule is CN(C(N)=O)C1NC(=O)NC1=O. The summed E-state index contributed by atoms with van der Waals surface area (Å²) >= 11 is 0. The summed E-state index contributed by atoms with van der Waals surface area (Å²) in [7, 11) is 1.32. The topological polar surface area (TPSA) is 105 Å². The summed E-state index contributed by atoms with van der Waals surface area (Å²) in [5, 5.41) is 4.17. The molecular weight excluding hydrogens is 164 g/mol. The van der Waals surface area contributed by atoms with Crippen molar-refractivity contribution in [2.45, 2.75) is 6.17 Å². The van der Waals surface area contributed by atoms with Crippen LogP contribution < -0.4 is 16.4 Å². The summed E-state index contributed by atoms with van der Waals surface area (Å²) in [6.45, 7) is 0. The zero-order valence-corrected chi connectivity index (χ0v) is 6.33. The third kappa shape index (κ3) is 1.29. The molecule has 0 radical (unpaired) electrons. The molecule has 0 aliphatic carbocycles. The highest BCUT2D eigenvalue weighted by atomic mass is 16.2. The van der Waals surface area contributed by atoms with E-state index in [1.165, 1.54) is 7.05 Å². The third-order valence-corrected chi connectivity index (χ3v) is 1.49. The standard InChI is InChI=1S/C5H8N4O3/c1-9(4(6)11)2-3(10)8-5(12)7-2/h2H,1H3,(H2,6,11)(H2,7,8,10,12). The van der Waals surface area contributed by atoms with Gasteiger partial charge in [-0.3, -0.25) is 15.0 Å². The Kier molecular flexibility index (Phi) is 1.86. The number of nitrogens with two attached hydrogens (primary N) is 1. The molecule has 12 heavy (non-hydrogen) atoms. The van der Waals surface area contributed by atoms with Gasteiger partial charge in [0.15, 0.2) is 6.17 Å². The maximum Gasteiger partial charge on any atom is 0.323 e. The van der Waals surface area contributed by atoms with Crippen LogP contribution in [0.1, 0.15) is 0 Å². The van der Waals surface area contributed by atoms with Crippen LogP contribution in [0.25, 0.3) is 0 Å². The average molecular weight is 172 g/mol. The second-order valence-electron chi connectivity index (χ2n) is 2.31. The van der Waals surface area contributed by atoms with Gasteiger partial charge in [-0.25, -0.2) is 9.59 Å². The van der Waals surface area contributed by atoms with E-state index in [0.29, 0.717) is 0 Å². The van der Waals surface area contributed by atoms with E-state index in [0.717, 1.165) is 4.90 Å². The zero-order chi connectivity index (χ0) is 9.30. The lowest BCUT2D eigenvalue weighted by molar-refractivity contribution is -0.122. The number of amides is 5. The number of urea groups is 2. The fourth-order valence-corrected chi connectivity index (χ4v) is 0.806. The van der Waals surface area contributed by atoms with Crippen molar-refractivity contribution in [3.05, 3.63) is 0 Å². The highest BCUT2D eigenvalue weighted by Gasteiger charge is 2.34. The number of carbonyl (C=O) groups is 3. The van der Waals surface area contributed by atoms with Crippen LogP contribution in [-0.4, -0.2) is 36.1 Å². The van der Waals surface area contributed by atoms with Gasteiger partial charge in [0.2, 0.25) is 0 Å². The minimum Gasteiger partial charge on any atom is -0.351 e. The first kappa shape index (κ1) is 8.31. The first-order valence-corrected chi connectivity index (χ1v) is 3.16. The molecule has 0 aromatic heterocycles. The Hall–Kier alpha value is -1.79. The molecule has 0 saturated carbocycles. The maximum atomic E-state index is 10.9. The molecule has 1 fully saturated rings. The summed E-state index contributed by atoms with van der Waals surface area (Å²) in [5.74, 6) is -0.582. The highest BCUT2D eigenvalue weighted by molar-refractivity contribution is 6.05. The number of rotatable bonds is 1. The van der Waals surface area contributed by atoms with Gasteiger partial charge in [0.25, 0.3) is 5.91 Å². The number of primary amides is 1. The first-order valence-electron chi connectivity index (χ1n) is 3.16. The highest BCUT2D eigenvalue weighted by Crippen LogP contribution is 1.97. The van der Waals surface area contributed by atoms with E-state index in [2.05, 4.69) is 5.32 Å². The minimum absolute atomic E-state index is 0.582. The molecule has 1 rings (SSSR count). The molecule has 0 spiro atoms. The summed E-state index contributed by atoms with van der Waals surface area (Å²) in [6, 6.07) is -1.41. The second kappa shape index (κ2) is 2.68. The molecule has 1 unspecified atom stereocenters. The molecule has 5 amide bonds. The molecule has 1 atom stereocenters. The second-order valence-corrected chi connectivity index (χ2v) is 2.31. The maximum absolute atomic E-state index is 10.9. The largest absolute Gasteiger partial charge is 0.351 e. The van der Waals surface area contributed by atoms with Crippen LogP contribution in [0.5, 0.6) is 0 Å². The molecular formula is C5H8N4O3. The predicted molar refractivity (Wildman–Crippen MR) is 37.8 cm³/mol. The molecule has 1 aliphatic rings. The number of nitrogens with one attached hydrogen (secondary N) is 2. The van der Waals surface area contributed by atoms with Crippen molar-refractivity contribution >= 4 is 18.0 Å². The zero-order valence-electron chi connectivity index (χ0n) is 6.33. The van der Waals surface area contributed by atoms with Gasteiger partial charge in [-0.1, -0.05) is 0 Å². The Bertz CT molecular complexity index is 251. The summed E-state index contributed by atoms with van der Waals surface area (Å²) in [6.07, 6.45) is -0.991. The van der Waals surface area contributed by atoms with Gasteiger partial charge in [-0.2, -0.15) is 0 Å². The Morgan fingerprint density at radius 1 is 1.58 bits per heavy atom. The van der Waals surface area contributed by atoms with Crippen LogP contribution in [0.4, 0.5) is 9.59 Å². The number of nitrogens with zero attached hydrogens (tertiary/aromatic N) is 1. The normalized spacial score (nSPS) is 21.6. The monoisotopic (exact) mass is 172 g/mol.